The molecule has 0 saturated carbocycles. The lowest BCUT2D eigenvalue weighted by molar-refractivity contribution is 0.104. The third kappa shape index (κ3) is 3.17. The van der Waals surface area contributed by atoms with Gasteiger partial charge in [-0.05, 0) is 43.7 Å². The predicted molar refractivity (Wildman–Crippen MR) is 100 cm³/mol. The number of carbonyl (C=O) groups excluding carboxylic acids is 1. The maximum atomic E-state index is 13.0. The Balaban J connectivity index is 2.04. The molecule has 0 aliphatic rings. The Kier molecular flexibility index (Phi) is 4.76. The van der Waals surface area contributed by atoms with Crippen LogP contribution in [0.25, 0.3) is 17.0 Å². The van der Waals surface area contributed by atoms with E-state index in [4.69, 9.17) is 4.74 Å². The van der Waals surface area contributed by atoms with Crippen LogP contribution in [0.1, 0.15) is 28.5 Å². The monoisotopic (exact) mass is 346 g/mol. The minimum atomic E-state index is -0.339. The summed E-state index contributed by atoms with van der Waals surface area (Å²) in [7, 11) is 0. The molecule has 3 rings (SSSR count). The molecule has 0 bridgehead atoms. The summed E-state index contributed by atoms with van der Waals surface area (Å²) in [5.74, 6) is -0.0101. The number of aromatic hydroxyl groups is 1. The van der Waals surface area contributed by atoms with Crippen molar-refractivity contribution in [3.05, 3.63) is 64.9 Å². The van der Waals surface area contributed by atoms with Gasteiger partial charge in [-0.15, -0.1) is 0 Å². The number of aryl methyl sites for hydroxylation is 1. The highest BCUT2D eigenvalue weighted by atomic mass is 16.5. The number of Topliss-reactive ketones (excluding diaryl/α,β-unsaturated/α-hetero) is 1. The fraction of sp³-hybridized carbons (Fsp3) is 0.143. The van der Waals surface area contributed by atoms with Gasteiger partial charge in [0.1, 0.15) is 11.6 Å². The second-order valence-electron chi connectivity index (χ2n) is 5.83. The van der Waals surface area contributed by atoms with Crippen LogP contribution in [0.3, 0.4) is 0 Å². The molecule has 1 aromatic heterocycles. The second kappa shape index (κ2) is 7.16. The number of hydrogen-bond donors (Lipinski definition) is 2. The zero-order valence-corrected chi connectivity index (χ0v) is 14.5. The summed E-state index contributed by atoms with van der Waals surface area (Å²) >= 11 is 0. The van der Waals surface area contributed by atoms with Gasteiger partial charge in [0.05, 0.1) is 12.2 Å². The van der Waals surface area contributed by atoms with Crippen molar-refractivity contribution in [2.75, 3.05) is 6.61 Å². The molecule has 5 heteroatoms. The second-order valence-corrected chi connectivity index (χ2v) is 5.83. The van der Waals surface area contributed by atoms with E-state index in [-0.39, 0.29) is 17.1 Å². The highest BCUT2D eigenvalue weighted by molar-refractivity contribution is 6.20. The number of allylic oxidation sites excluding steroid dienone is 1. The third-order valence-electron chi connectivity index (χ3n) is 4.08. The fourth-order valence-corrected chi connectivity index (χ4v) is 2.91. The SMILES string of the molecule is CCOc1cc(/C=C(/C#N)C(=O)c2c(C)[nH]c3ccccc23)ccc1O. The van der Waals surface area contributed by atoms with E-state index < -0.39 is 0 Å². The summed E-state index contributed by atoms with van der Waals surface area (Å²) in [4.78, 5) is 16.1. The van der Waals surface area contributed by atoms with E-state index in [2.05, 4.69) is 4.98 Å². The molecule has 0 radical (unpaired) electrons. The number of ketones is 1. The number of para-hydroxylation sites is 1. The van der Waals surface area contributed by atoms with Crippen molar-refractivity contribution >= 4 is 22.8 Å². The van der Waals surface area contributed by atoms with Gasteiger partial charge in [-0.3, -0.25) is 4.79 Å². The van der Waals surface area contributed by atoms with E-state index in [0.29, 0.717) is 23.5 Å². The first kappa shape index (κ1) is 17.3. The third-order valence-corrected chi connectivity index (χ3v) is 4.08. The first-order valence-electron chi connectivity index (χ1n) is 8.24. The smallest absolute Gasteiger partial charge is 0.205 e. The summed E-state index contributed by atoms with van der Waals surface area (Å²) in [5.41, 5.74) is 2.70. The molecular formula is C21H18N2O3. The number of benzene rings is 2. The van der Waals surface area contributed by atoms with Crippen molar-refractivity contribution in [1.82, 2.24) is 4.98 Å². The molecule has 0 atom stereocenters. The van der Waals surface area contributed by atoms with Gasteiger partial charge in [0.15, 0.2) is 11.5 Å². The van der Waals surface area contributed by atoms with E-state index in [1.165, 1.54) is 12.1 Å². The number of rotatable bonds is 5. The van der Waals surface area contributed by atoms with E-state index in [9.17, 15) is 15.2 Å². The summed E-state index contributed by atoms with van der Waals surface area (Å²) in [5, 5.41) is 20.1. The number of hydrogen-bond acceptors (Lipinski definition) is 4. The number of aromatic amines is 1. The fourth-order valence-electron chi connectivity index (χ4n) is 2.91. The maximum Gasteiger partial charge on any atom is 0.205 e. The molecule has 0 fully saturated rings. The molecule has 1 heterocycles. The standard InChI is InChI=1S/C21H18N2O3/c1-3-26-19-11-14(8-9-18(19)24)10-15(12-22)21(25)20-13(2)23-17-7-5-4-6-16(17)20/h4-11,23-24H,3H2,1-2H3/b15-10-. The Morgan fingerprint density at radius 2 is 2.08 bits per heavy atom. The number of H-pyrrole nitrogens is 1. The maximum absolute atomic E-state index is 13.0. The first-order valence-corrected chi connectivity index (χ1v) is 8.24. The van der Waals surface area contributed by atoms with Crippen molar-refractivity contribution in [2.24, 2.45) is 0 Å². The summed E-state index contributed by atoms with van der Waals surface area (Å²) < 4.78 is 5.35. The molecule has 3 aromatic rings. The van der Waals surface area contributed by atoms with Crippen LogP contribution in [0.4, 0.5) is 0 Å². The van der Waals surface area contributed by atoms with Gasteiger partial charge in [-0.25, -0.2) is 0 Å². The molecule has 0 unspecified atom stereocenters. The molecule has 0 spiro atoms. The van der Waals surface area contributed by atoms with Gasteiger partial charge < -0.3 is 14.8 Å². The van der Waals surface area contributed by atoms with Crippen molar-refractivity contribution in [3.8, 4) is 17.6 Å². The zero-order valence-electron chi connectivity index (χ0n) is 14.5. The van der Waals surface area contributed by atoms with E-state index in [0.717, 1.165) is 16.6 Å². The highest BCUT2D eigenvalue weighted by Gasteiger charge is 2.19. The molecule has 0 amide bonds. The van der Waals surface area contributed by atoms with Crippen molar-refractivity contribution in [1.29, 1.82) is 5.26 Å². The molecule has 0 saturated heterocycles. The van der Waals surface area contributed by atoms with Crippen molar-refractivity contribution in [3.63, 3.8) is 0 Å². The average molecular weight is 346 g/mol. The topological polar surface area (TPSA) is 86.1 Å². The van der Waals surface area contributed by atoms with E-state index >= 15 is 0 Å². The number of carbonyl (C=O) groups is 1. The van der Waals surface area contributed by atoms with Crippen LogP contribution in [0, 0.1) is 18.3 Å². The predicted octanol–water partition coefficient (Wildman–Crippen LogP) is 4.37. The Morgan fingerprint density at radius 3 is 2.81 bits per heavy atom. The minimum Gasteiger partial charge on any atom is -0.504 e. The van der Waals surface area contributed by atoms with Gasteiger partial charge in [0.25, 0.3) is 0 Å². The lowest BCUT2D eigenvalue weighted by Gasteiger charge is -2.07. The van der Waals surface area contributed by atoms with Gasteiger partial charge in [-0.1, -0.05) is 24.3 Å². The number of phenols is 1. The van der Waals surface area contributed by atoms with Gasteiger partial charge in [0, 0.05) is 16.6 Å². The lowest BCUT2D eigenvalue weighted by atomic mass is 9.99. The number of ether oxygens (including phenoxy) is 1. The number of nitrogens with one attached hydrogen (secondary N) is 1. The van der Waals surface area contributed by atoms with Crippen LogP contribution < -0.4 is 4.74 Å². The zero-order chi connectivity index (χ0) is 18.7. The minimum absolute atomic E-state index is 0.0151. The van der Waals surface area contributed by atoms with Gasteiger partial charge in [-0.2, -0.15) is 5.26 Å². The molecule has 2 aromatic carbocycles. The Bertz CT molecular complexity index is 1050. The number of fused-ring (bicyclic) bond motifs is 1. The summed E-state index contributed by atoms with van der Waals surface area (Å²) in [6.07, 6.45) is 1.51. The van der Waals surface area contributed by atoms with Crippen LogP contribution >= 0.6 is 0 Å². The molecule has 26 heavy (non-hydrogen) atoms. The van der Waals surface area contributed by atoms with Crippen LogP contribution in [0.2, 0.25) is 0 Å². The molecule has 5 nitrogen and oxygen atoms in total. The lowest BCUT2D eigenvalue weighted by Crippen LogP contribution is -2.03. The Morgan fingerprint density at radius 1 is 1.31 bits per heavy atom. The molecule has 0 aliphatic heterocycles. The number of nitrogens with zero attached hydrogens (tertiary/aromatic N) is 1. The Hall–Kier alpha value is -3.52. The molecule has 0 aliphatic carbocycles. The summed E-state index contributed by atoms with van der Waals surface area (Å²) in [6.45, 7) is 4.03. The first-order chi connectivity index (χ1) is 12.5. The van der Waals surface area contributed by atoms with Crippen LogP contribution in [0.5, 0.6) is 11.5 Å². The van der Waals surface area contributed by atoms with Crippen LogP contribution in [0.15, 0.2) is 48.0 Å². The van der Waals surface area contributed by atoms with Crippen LogP contribution in [-0.2, 0) is 0 Å². The quantitative estimate of drug-likeness (QED) is 0.408. The largest absolute Gasteiger partial charge is 0.504 e. The average Bonchev–Trinajstić information content (AvgIpc) is 2.97. The van der Waals surface area contributed by atoms with Gasteiger partial charge >= 0.3 is 0 Å². The Labute approximate surface area is 151 Å². The van der Waals surface area contributed by atoms with Crippen molar-refractivity contribution < 1.29 is 14.6 Å². The normalized spacial score (nSPS) is 11.3. The van der Waals surface area contributed by atoms with Crippen molar-refractivity contribution in [2.45, 2.75) is 13.8 Å². The highest BCUT2D eigenvalue weighted by Crippen LogP contribution is 2.29. The van der Waals surface area contributed by atoms with E-state index in [1.54, 1.807) is 12.1 Å². The number of nitriles is 1. The molecule has 130 valence electrons. The molecular weight excluding hydrogens is 328 g/mol. The van der Waals surface area contributed by atoms with Gasteiger partial charge in [0.2, 0.25) is 5.78 Å². The number of phenolic OH excluding ortho intramolecular Hbond substituents is 1. The number of aromatic nitrogens is 1. The van der Waals surface area contributed by atoms with Crippen LogP contribution in [-0.4, -0.2) is 22.5 Å². The molecule has 2 N–H and O–H groups in total. The van der Waals surface area contributed by atoms with E-state index in [1.807, 2.05) is 44.2 Å². The summed E-state index contributed by atoms with van der Waals surface area (Å²) in [6, 6.07) is 14.2.